The number of amides is 2. The van der Waals surface area contributed by atoms with Crippen LogP contribution in [0.5, 0.6) is 0 Å². The number of nitrogens with zero attached hydrogens (tertiary/aromatic N) is 2. The highest BCUT2D eigenvalue weighted by atomic mass is 32.2. The van der Waals surface area contributed by atoms with Crippen LogP contribution in [0.25, 0.3) is 0 Å². The first kappa shape index (κ1) is 19.8. The van der Waals surface area contributed by atoms with Gasteiger partial charge in [-0.2, -0.15) is 0 Å². The Morgan fingerprint density at radius 2 is 1.74 bits per heavy atom. The topological polar surface area (TPSA) is 86.8 Å². The Labute approximate surface area is 160 Å². The van der Waals surface area contributed by atoms with Crippen molar-refractivity contribution >= 4 is 21.8 Å². The molecule has 0 radical (unpaired) electrons. The largest absolute Gasteiger partial charge is 0.349 e. The second kappa shape index (κ2) is 7.24. The molecule has 1 aromatic carbocycles. The number of likely N-dealkylation sites (tertiary alicyclic amines) is 1. The zero-order valence-electron chi connectivity index (χ0n) is 16.2. The lowest BCUT2D eigenvalue weighted by molar-refractivity contribution is 0.0844. The number of benzene rings is 1. The van der Waals surface area contributed by atoms with E-state index in [1.807, 2.05) is 0 Å². The Morgan fingerprint density at radius 3 is 2.30 bits per heavy atom. The molecule has 1 saturated heterocycles. The van der Waals surface area contributed by atoms with Crippen LogP contribution in [0.3, 0.4) is 0 Å². The Kier molecular flexibility index (Phi) is 5.31. The summed E-state index contributed by atoms with van der Waals surface area (Å²) < 4.78 is 26.2. The van der Waals surface area contributed by atoms with Gasteiger partial charge in [0.15, 0.2) is 0 Å². The molecule has 0 saturated carbocycles. The number of nitrogens with one attached hydrogen (secondary N) is 1. The van der Waals surface area contributed by atoms with Crippen LogP contribution < -0.4 is 5.32 Å². The molecule has 1 fully saturated rings. The van der Waals surface area contributed by atoms with Gasteiger partial charge in [0.05, 0.1) is 5.56 Å². The van der Waals surface area contributed by atoms with Gasteiger partial charge in [0, 0.05) is 36.8 Å². The molecule has 2 aliphatic heterocycles. The smallest absolute Gasteiger partial charge is 0.269 e. The summed E-state index contributed by atoms with van der Waals surface area (Å²) in [5.41, 5.74) is 0.396. The molecular formula is C19H27N3O4S. The fourth-order valence-electron chi connectivity index (χ4n) is 3.73. The number of sulfonamides is 1. The van der Waals surface area contributed by atoms with Crippen LogP contribution in [0.1, 0.15) is 61.3 Å². The number of hydrogen-bond acceptors (Lipinski definition) is 5. The third-order valence-electron chi connectivity index (χ3n) is 5.28. The molecule has 0 spiro atoms. The van der Waals surface area contributed by atoms with Crippen molar-refractivity contribution in [1.29, 1.82) is 0 Å². The molecule has 1 N–H and O–H groups in total. The molecule has 3 rings (SSSR count). The van der Waals surface area contributed by atoms with Gasteiger partial charge in [-0.25, -0.2) is 12.7 Å². The van der Waals surface area contributed by atoms with E-state index in [0.717, 1.165) is 30.2 Å². The van der Waals surface area contributed by atoms with E-state index in [2.05, 4.69) is 24.1 Å². The molecule has 0 atom stereocenters. The standard InChI is InChI=1S/C19H27N3O4S/c1-12(2)21-9-7-15(8-10-21)20-18(23)14-5-6-16-17(11-14)27(25,26)22(13(3)4)19(16)24/h5-6,11-13,15H,7-10H2,1-4H3,(H,20,23). The first-order valence-corrected chi connectivity index (χ1v) is 10.8. The Bertz CT molecular complexity index is 856. The molecule has 0 bridgehead atoms. The van der Waals surface area contributed by atoms with Gasteiger partial charge < -0.3 is 10.2 Å². The van der Waals surface area contributed by atoms with Crippen molar-refractivity contribution in [2.45, 2.75) is 63.6 Å². The molecule has 1 aromatic rings. The van der Waals surface area contributed by atoms with Gasteiger partial charge in [-0.05, 0) is 58.7 Å². The van der Waals surface area contributed by atoms with Gasteiger partial charge in [-0.1, -0.05) is 0 Å². The van der Waals surface area contributed by atoms with E-state index in [1.165, 1.54) is 18.2 Å². The summed E-state index contributed by atoms with van der Waals surface area (Å²) in [5, 5.41) is 3.00. The van der Waals surface area contributed by atoms with E-state index >= 15 is 0 Å². The summed E-state index contributed by atoms with van der Waals surface area (Å²) in [7, 11) is -3.90. The first-order valence-electron chi connectivity index (χ1n) is 9.40. The molecule has 2 aliphatic rings. The highest BCUT2D eigenvalue weighted by molar-refractivity contribution is 7.90. The third-order valence-corrected chi connectivity index (χ3v) is 7.27. The van der Waals surface area contributed by atoms with Crippen molar-refractivity contribution in [3.8, 4) is 0 Å². The van der Waals surface area contributed by atoms with Crippen LogP contribution in [0, 0.1) is 0 Å². The van der Waals surface area contributed by atoms with Crippen LogP contribution in [0.15, 0.2) is 23.1 Å². The number of fused-ring (bicyclic) bond motifs is 1. The molecule has 8 heteroatoms. The molecular weight excluding hydrogens is 366 g/mol. The molecule has 2 amide bonds. The van der Waals surface area contributed by atoms with Crippen LogP contribution in [0.4, 0.5) is 0 Å². The van der Waals surface area contributed by atoms with E-state index in [1.54, 1.807) is 13.8 Å². The van der Waals surface area contributed by atoms with Crippen LogP contribution >= 0.6 is 0 Å². The lowest BCUT2D eigenvalue weighted by atomic mass is 10.0. The van der Waals surface area contributed by atoms with Crippen LogP contribution in [0.2, 0.25) is 0 Å². The van der Waals surface area contributed by atoms with E-state index in [9.17, 15) is 18.0 Å². The number of piperidine rings is 1. The van der Waals surface area contributed by atoms with E-state index < -0.39 is 22.0 Å². The molecule has 148 valence electrons. The van der Waals surface area contributed by atoms with Gasteiger partial charge in [0.25, 0.3) is 21.8 Å². The van der Waals surface area contributed by atoms with Crippen molar-refractivity contribution in [1.82, 2.24) is 14.5 Å². The summed E-state index contributed by atoms with van der Waals surface area (Å²) in [6.45, 7) is 9.48. The lowest BCUT2D eigenvalue weighted by Crippen LogP contribution is -2.46. The van der Waals surface area contributed by atoms with Crippen LogP contribution in [-0.2, 0) is 10.0 Å². The molecule has 0 unspecified atom stereocenters. The second-order valence-electron chi connectivity index (χ2n) is 7.79. The molecule has 0 aromatic heterocycles. The van der Waals surface area contributed by atoms with Crippen molar-refractivity contribution in [3.63, 3.8) is 0 Å². The minimum atomic E-state index is -3.90. The van der Waals surface area contributed by atoms with Gasteiger partial charge in [0.1, 0.15) is 4.90 Å². The summed E-state index contributed by atoms with van der Waals surface area (Å²) in [5.74, 6) is -0.834. The quantitative estimate of drug-likeness (QED) is 0.844. The van der Waals surface area contributed by atoms with Gasteiger partial charge >= 0.3 is 0 Å². The van der Waals surface area contributed by atoms with Gasteiger partial charge in [0.2, 0.25) is 0 Å². The van der Waals surface area contributed by atoms with Crippen molar-refractivity contribution < 1.29 is 18.0 Å². The maximum absolute atomic E-state index is 12.7. The predicted octanol–water partition coefficient (Wildman–Crippen LogP) is 1.84. The predicted molar refractivity (Wildman–Crippen MR) is 102 cm³/mol. The van der Waals surface area contributed by atoms with Crippen molar-refractivity contribution in [2.24, 2.45) is 0 Å². The summed E-state index contributed by atoms with van der Waals surface area (Å²) in [6, 6.07) is 4.38. The number of hydrogen-bond donors (Lipinski definition) is 1. The second-order valence-corrected chi connectivity index (χ2v) is 9.57. The maximum atomic E-state index is 12.7. The number of rotatable bonds is 4. The molecule has 0 aliphatic carbocycles. The normalized spacial score (nSPS) is 20.4. The SMILES string of the molecule is CC(C)N1CCC(NC(=O)c2ccc3c(c2)S(=O)(=O)N(C(C)C)C3=O)CC1. The monoisotopic (exact) mass is 393 g/mol. The molecule has 27 heavy (non-hydrogen) atoms. The minimum Gasteiger partial charge on any atom is -0.349 e. The summed E-state index contributed by atoms with van der Waals surface area (Å²) in [6.07, 6.45) is 1.74. The molecule has 2 heterocycles. The third kappa shape index (κ3) is 3.60. The Hall–Kier alpha value is -1.93. The zero-order chi connectivity index (χ0) is 19.9. The Balaban J connectivity index is 1.76. The zero-order valence-corrected chi connectivity index (χ0v) is 17.0. The average molecular weight is 394 g/mol. The van der Waals surface area contributed by atoms with Crippen molar-refractivity contribution in [2.75, 3.05) is 13.1 Å². The minimum absolute atomic E-state index is 0.0751. The first-order chi connectivity index (χ1) is 12.6. The number of carbonyl (C=O) groups is 2. The fourth-order valence-corrected chi connectivity index (χ4v) is 5.52. The summed E-state index contributed by atoms with van der Waals surface area (Å²) >= 11 is 0. The number of carbonyl (C=O) groups excluding carboxylic acids is 2. The highest BCUT2D eigenvalue weighted by Crippen LogP contribution is 2.32. The maximum Gasteiger partial charge on any atom is 0.269 e. The highest BCUT2D eigenvalue weighted by Gasteiger charge is 2.43. The van der Waals surface area contributed by atoms with Gasteiger partial charge in [-0.15, -0.1) is 0 Å². The van der Waals surface area contributed by atoms with Gasteiger partial charge in [-0.3, -0.25) is 9.59 Å². The fraction of sp³-hybridized carbons (Fsp3) is 0.579. The Morgan fingerprint density at radius 1 is 1.11 bits per heavy atom. The van der Waals surface area contributed by atoms with E-state index in [-0.39, 0.29) is 28.0 Å². The molecule has 7 nitrogen and oxygen atoms in total. The summed E-state index contributed by atoms with van der Waals surface area (Å²) in [4.78, 5) is 27.3. The van der Waals surface area contributed by atoms with E-state index in [4.69, 9.17) is 0 Å². The van der Waals surface area contributed by atoms with Crippen molar-refractivity contribution in [3.05, 3.63) is 29.3 Å². The lowest BCUT2D eigenvalue weighted by Gasteiger charge is -2.34. The average Bonchev–Trinajstić information content (AvgIpc) is 2.81. The van der Waals surface area contributed by atoms with E-state index in [0.29, 0.717) is 6.04 Å². The van der Waals surface area contributed by atoms with Crippen LogP contribution in [-0.4, -0.2) is 60.7 Å².